The van der Waals surface area contributed by atoms with Gasteiger partial charge in [0, 0.05) is 27.9 Å². The molecular weight excluding hydrogens is 429 g/mol. The number of allylic oxidation sites excluding steroid dienone is 2. The molecule has 1 saturated heterocycles. The van der Waals surface area contributed by atoms with Crippen molar-refractivity contribution in [2.24, 2.45) is 0 Å². The van der Waals surface area contributed by atoms with E-state index in [1.165, 1.54) is 0 Å². The van der Waals surface area contributed by atoms with Crippen LogP contribution in [-0.2, 0) is 6.54 Å². The molecule has 0 saturated carbocycles. The fraction of sp³-hybridized carbons (Fsp3) is 0.190. The summed E-state index contributed by atoms with van der Waals surface area (Å²) in [6, 6.07) is 8.46. The van der Waals surface area contributed by atoms with Gasteiger partial charge in [-0.05, 0) is 24.3 Å². The van der Waals surface area contributed by atoms with E-state index in [-0.39, 0.29) is 29.8 Å². The number of ketones is 1. The van der Waals surface area contributed by atoms with Crippen molar-refractivity contribution < 1.29 is 14.2 Å². The SMILES string of the molecule is O=C(NC1NC2C=CC=CC2S1)c1ccc[n+](CC(=O)c2ccc(Cl)cc2Cl)c1. The van der Waals surface area contributed by atoms with Gasteiger partial charge in [-0.15, -0.1) is 11.8 Å². The first-order valence-electron chi connectivity index (χ1n) is 9.04. The summed E-state index contributed by atoms with van der Waals surface area (Å²) in [5.41, 5.74) is 0.701. The Hall–Kier alpha value is -2.12. The topological polar surface area (TPSA) is 62.1 Å². The van der Waals surface area contributed by atoms with Crippen LogP contribution < -0.4 is 15.2 Å². The zero-order valence-corrected chi connectivity index (χ0v) is 17.5. The lowest BCUT2D eigenvalue weighted by Gasteiger charge is -2.13. The maximum atomic E-state index is 12.7. The van der Waals surface area contributed by atoms with Crippen LogP contribution in [0.1, 0.15) is 20.7 Å². The number of amides is 1. The Morgan fingerprint density at radius 2 is 2.00 bits per heavy atom. The molecule has 1 aliphatic carbocycles. The summed E-state index contributed by atoms with van der Waals surface area (Å²) < 4.78 is 1.67. The minimum absolute atomic E-state index is 0.0681. The first-order chi connectivity index (χ1) is 14.0. The predicted octanol–water partition coefficient (Wildman–Crippen LogP) is 3.38. The molecule has 3 atom stereocenters. The molecule has 29 heavy (non-hydrogen) atoms. The number of carbonyl (C=O) groups excluding carboxylic acids is 2. The lowest BCUT2D eigenvalue weighted by Crippen LogP contribution is -2.44. The molecule has 4 rings (SSSR count). The molecule has 2 aliphatic rings. The number of Topliss-reactive ketones (excluding diaryl/α,β-unsaturated/α-hetero) is 1. The van der Waals surface area contributed by atoms with E-state index in [2.05, 4.69) is 22.8 Å². The molecule has 2 heterocycles. The van der Waals surface area contributed by atoms with Gasteiger partial charge in [0.15, 0.2) is 12.4 Å². The Morgan fingerprint density at radius 3 is 2.79 bits per heavy atom. The van der Waals surface area contributed by atoms with Gasteiger partial charge in [-0.25, -0.2) is 0 Å². The summed E-state index contributed by atoms with van der Waals surface area (Å²) in [5.74, 6) is -0.363. The molecule has 8 heteroatoms. The van der Waals surface area contributed by atoms with Crippen LogP contribution in [0.2, 0.25) is 10.0 Å². The van der Waals surface area contributed by atoms with Crippen molar-refractivity contribution in [3.8, 4) is 0 Å². The average molecular weight is 447 g/mol. The molecule has 1 fully saturated rings. The van der Waals surface area contributed by atoms with E-state index >= 15 is 0 Å². The number of nitrogens with one attached hydrogen (secondary N) is 2. The van der Waals surface area contributed by atoms with E-state index in [9.17, 15) is 9.59 Å². The van der Waals surface area contributed by atoms with Gasteiger partial charge in [0.2, 0.25) is 12.3 Å². The molecule has 1 aromatic carbocycles. The highest BCUT2D eigenvalue weighted by Crippen LogP contribution is 2.29. The maximum Gasteiger partial charge on any atom is 0.259 e. The number of rotatable bonds is 5. The first kappa shape index (κ1) is 20.2. The second kappa shape index (κ2) is 8.71. The van der Waals surface area contributed by atoms with E-state index in [0.717, 1.165) is 0 Å². The standard InChI is InChI=1S/C21H17Cl2N3O2S/c22-14-7-8-15(16(23)10-14)18(27)12-26-9-3-4-13(11-26)20(28)25-21-24-17-5-1-2-6-19(17)29-21/h1-11,17,19,21,24H,12H2/p+1. The first-order valence-corrected chi connectivity index (χ1v) is 10.7. The minimum atomic E-state index is -0.201. The fourth-order valence-corrected chi connectivity index (χ4v) is 5.00. The Morgan fingerprint density at radius 1 is 1.17 bits per heavy atom. The van der Waals surface area contributed by atoms with Gasteiger partial charge in [0.25, 0.3) is 5.91 Å². The molecule has 1 aromatic heterocycles. The van der Waals surface area contributed by atoms with E-state index in [0.29, 0.717) is 26.4 Å². The number of nitrogens with zero attached hydrogens (tertiary/aromatic N) is 1. The van der Waals surface area contributed by atoms with Crippen LogP contribution >= 0.6 is 35.0 Å². The van der Waals surface area contributed by atoms with Crippen LogP contribution in [0.15, 0.2) is 67.0 Å². The number of benzene rings is 1. The van der Waals surface area contributed by atoms with Gasteiger partial charge < -0.3 is 5.32 Å². The van der Waals surface area contributed by atoms with E-state index in [4.69, 9.17) is 23.2 Å². The Labute approximate surface area is 182 Å². The Bertz CT molecular complexity index is 1000. The number of fused-ring (bicyclic) bond motifs is 1. The molecule has 0 bridgehead atoms. The summed E-state index contributed by atoms with van der Waals surface area (Å²) in [4.78, 5) is 25.2. The molecule has 2 aromatic rings. The van der Waals surface area contributed by atoms with Gasteiger partial charge in [0.05, 0.1) is 5.02 Å². The van der Waals surface area contributed by atoms with Crippen LogP contribution in [0.5, 0.6) is 0 Å². The third kappa shape index (κ3) is 4.73. The Balaban J connectivity index is 1.41. The number of hydrogen-bond donors (Lipinski definition) is 2. The van der Waals surface area contributed by atoms with Gasteiger partial charge in [-0.3, -0.25) is 14.9 Å². The van der Waals surface area contributed by atoms with Crippen LogP contribution in [-0.4, -0.2) is 28.5 Å². The highest BCUT2D eigenvalue weighted by Gasteiger charge is 2.33. The molecule has 3 unspecified atom stereocenters. The third-order valence-corrected chi connectivity index (χ3v) is 6.50. The zero-order chi connectivity index (χ0) is 20.4. The van der Waals surface area contributed by atoms with Crippen LogP contribution in [0.3, 0.4) is 0 Å². The lowest BCUT2D eigenvalue weighted by atomic mass is 10.1. The van der Waals surface area contributed by atoms with Crippen molar-refractivity contribution in [3.63, 3.8) is 0 Å². The van der Waals surface area contributed by atoms with Gasteiger partial charge in [0.1, 0.15) is 11.1 Å². The smallest absolute Gasteiger partial charge is 0.259 e. The largest absolute Gasteiger partial charge is 0.327 e. The Kier molecular flexibility index (Phi) is 6.06. The van der Waals surface area contributed by atoms with Crippen molar-refractivity contribution in [2.45, 2.75) is 23.3 Å². The van der Waals surface area contributed by atoms with Gasteiger partial charge in [-0.2, -0.15) is 4.57 Å². The third-order valence-electron chi connectivity index (χ3n) is 4.66. The molecule has 1 aliphatic heterocycles. The molecule has 2 N–H and O–H groups in total. The minimum Gasteiger partial charge on any atom is -0.327 e. The summed E-state index contributed by atoms with van der Waals surface area (Å²) in [6.45, 7) is 0.0681. The van der Waals surface area contributed by atoms with Crippen LogP contribution in [0.4, 0.5) is 0 Å². The molecule has 0 radical (unpaired) electrons. The number of thioether (sulfide) groups is 1. The van der Waals surface area contributed by atoms with Crippen LogP contribution in [0.25, 0.3) is 0 Å². The lowest BCUT2D eigenvalue weighted by molar-refractivity contribution is -0.683. The van der Waals surface area contributed by atoms with Crippen molar-refractivity contribution >= 4 is 46.7 Å². The summed E-state index contributed by atoms with van der Waals surface area (Å²) in [5, 5.41) is 7.47. The second-order valence-electron chi connectivity index (χ2n) is 6.73. The summed E-state index contributed by atoms with van der Waals surface area (Å²) in [7, 11) is 0. The molecular formula is C21H18Cl2N3O2S+. The van der Waals surface area contributed by atoms with Gasteiger partial charge >= 0.3 is 0 Å². The van der Waals surface area contributed by atoms with E-state index in [1.54, 1.807) is 59.1 Å². The molecule has 1 amide bonds. The van der Waals surface area contributed by atoms with Gasteiger partial charge in [-0.1, -0.05) is 47.5 Å². The molecule has 148 valence electrons. The number of carbonyl (C=O) groups is 2. The average Bonchev–Trinajstić information content (AvgIpc) is 3.10. The fourth-order valence-electron chi connectivity index (χ4n) is 3.24. The molecule has 0 spiro atoms. The summed E-state index contributed by atoms with van der Waals surface area (Å²) in [6.07, 6.45) is 11.6. The summed E-state index contributed by atoms with van der Waals surface area (Å²) >= 11 is 13.7. The van der Waals surface area contributed by atoms with Crippen molar-refractivity contribution in [2.75, 3.05) is 0 Å². The number of aromatic nitrogens is 1. The monoisotopic (exact) mass is 446 g/mol. The highest BCUT2D eigenvalue weighted by atomic mass is 35.5. The second-order valence-corrected chi connectivity index (χ2v) is 8.86. The number of hydrogen-bond acceptors (Lipinski definition) is 4. The van der Waals surface area contributed by atoms with E-state index < -0.39 is 0 Å². The normalized spacial score (nSPS) is 22.3. The maximum absolute atomic E-state index is 12.7. The quantitative estimate of drug-likeness (QED) is 0.545. The number of pyridine rings is 1. The van der Waals surface area contributed by atoms with E-state index in [1.807, 2.05) is 12.2 Å². The predicted molar refractivity (Wildman–Crippen MR) is 115 cm³/mol. The zero-order valence-electron chi connectivity index (χ0n) is 15.2. The van der Waals surface area contributed by atoms with Crippen molar-refractivity contribution in [3.05, 3.63) is 88.2 Å². The highest BCUT2D eigenvalue weighted by molar-refractivity contribution is 8.00. The number of halogens is 2. The van der Waals surface area contributed by atoms with Crippen molar-refractivity contribution in [1.82, 2.24) is 10.6 Å². The molecule has 5 nitrogen and oxygen atoms in total. The van der Waals surface area contributed by atoms with Crippen molar-refractivity contribution in [1.29, 1.82) is 0 Å². The van der Waals surface area contributed by atoms with Crippen LogP contribution in [0, 0.1) is 0 Å².